The first-order valence-corrected chi connectivity index (χ1v) is 7.79. The first kappa shape index (κ1) is 16.9. The smallest absolute Gasteiger partial charge is 0.373 e. The maximum atomic E-state index is 13.0. The van der Waals surface area contributed by atoms with E-state index in [1.165, 1.54) is 23.9 Å². The number of rotatable bonds is 7. The fourth-order valence-corrected chi connectivity index (χ4v) is 2.98. The molecule has 1 aromatic carbocycles. The molecule has 0 unspecified atom stereocenters. The molecule has 0 radical (unpaired) electrons. The van der Waals surface area contributed by atoms with Crippen LogP contribution in [0, 0.1) is 12.7 Å². The largest absolute Gasteiger partial charge is 0.480 e. The van der Waals surface area contributed by atoms with Crippen molar-refractivity contribution in [3.63, 3.8) is 0 Å². The highest BCUT2D eigenvalue weighted by molar-refractivity contribution is 7.99. The third kappa shape index (κ3) is 4.25. The number of hydrogen-bond acceptors (Lipinski definition) is 5. The van der Waals surface area contributed by atoms with E-state index in [2.05, 4.69) is 10.3 Å². The van der Waals surface area contributed by atoms with Gasteiger partial charge < -0.3 is 15.0 Å². The molecule has 2 rings (SSSR count). The number of aromatic nitrogens is 2. The molecular weight excluding hydrogens is 304 g/mol. The molecule has 2 aromatic rings. The van der Waals surface area contributed by atoms with Crippen LogP contribution in [0.5, 0.6) is 5.88 Å². The van der Waals surface area contributed by atoms with Crippen LogP contribution in [0.15, 0.2) is 34.1 Å². The molecule has 1 heterocycles. The minimum absolute atomic E-state index is 0.257. The summed E-state index contributed by atoms with van der Waals surface area (Å²) in [6.45, 7) is 4.74. The summed E-state index contributed by atoms with van der Waals surface area (Å²) < 4.78 is 20.2. The summed E-state index contributed by atoms with van der Waals surface area (Å²) in [5.74, 6) is 0.409. The van der Waals surface area contributed by atoms with Crippen molar-refractivity contribution in [2.45, 2.75) is 30.1 Å². The molecule has 2 N–H and O–H groups in total. The van der Waals surface area contributed by atoms with Gasteiger partial charge in [0.25, 0.3) is 0 Å². The number of aryl methyl sites for hydroxylation is 1. The van der Waals surface area contributed by atoms with E-state index < -0.39 is 7.05 Å². The van der Waals surface area contributed by atoms with Gasteiger partial charge in [-0.05, 0) is 38.0 Å². The summed E-state index contributed by atoms with van der Waals surface area (Å²) in [6.07, 6.45) is 0. The molecule has 0 aliphatic rings. The highest BCUT2D eigenvalue weighted by Crippen LogP contribution is 2.37. The van der Waals surface area contributed by atoms with E-state index in [1.54, 1.807) is 30.7 Å². The van der Waals surface area contributed by atoms with Gasteiger partial charge in [0.05, 0.1) is 24.2 Å². The third-order valence-electron chi connectivity index (χ3n) is 3.02. The molecule has 0 fully saturated rings. The molecule has 0 spiro atoms. The van der Waals surface area contributed by atoms with Crippen LogP contribution in [-0.4, -0.2) is 35.5 Å². The van der Waals surface area contributed by atoms with Crippen LogP contribution in [0.1, 0.15) is 5.69 Å². The van der Waals surface area contributed by atoms with Crippen LogP contribution in [-0.2, 0) is 6.54 Å². The molecule has 0 aliphatic heterocycles. The van der Waals surface area contributed by atoms with Gasteiger partial charge in [0.15, 0.2) is 0 Å². The average molecular weight is 323 g/mol. The number of methoxy groups -OCH3 is 1. The van der Waals surface area contributed by atoms with Crippen LogP contribution in [0.25, 0.3) is 0 Å². The van der Waals surface area contributed by atoms with Crippen molar-refractivity contribution in [2.75, 3.05) is 13.7 Å². The maximum Gasteiger partial charge on any atom is 0.373 e. The van der Waals surface area contributed by atoms with E-state index in [-0.39, 0.29) is 5.82 Å². The SMILES string of the molecule is COc1c(Sc2ccc(F)cc2)c(C)nn1CCNB(C)O. The molecular formula is C14H19BFN3O2S. The van der Waals surface area contributed by atoms with E-state index in [1.807, 2.05) is 6.92 Å². The first-order valence-electron chi connectivity index (χ1n) is 6.97. The topological polar surface area (TPSA) is 59.3 Å². The van der Waals surface area contributed by atoms with E-state index in [0.717, 1.165) is 15.5 Å². The zero-order valence-corrected chi connectivity index (χ0v) is 13.7. The van der Waals surface area contributed by atoms with Gasteiger partial charge >= 0.3 is 7.05 Å². The number of nitrogens with zero attached hydrogens (tertiary/aromatic N) is 2. The second-order valence-corrected chi connectivity index (χ2v) is 5.92. The van der Waals surface area contributed by atoms with Gasteiger partial charge in [-0.15, -0.1) is 0 Å². The standard InChI is InChI=1S/C14H19BFN3O2S/c1-10-13(22-12-6-4-11(16)5-7-12)14(21-3)19(18-10)9-8-17-15(2)20/h4-7,17,20H,8-9H2,1-3H3. The van der Waals surface area contributed by atoms with Crippen LogP contribution in [0.2, 0.25) is 6.82 Å². The Morgan fingerprint density at radius 1 is 1.41 bits per heavy atom. The zero-order chi connectivity index (χ0) is 16.1. The summed E-state index contributed by atoms with van der Waals surface area (Å²) in [4.78, 5) is 1.83. The monoisotopic (exact) mass is 323 g/mol. The lowest BCUT2D eigenvalue weighted by molar-refractivity contribution is 0.351. The van der Waals surface area contributed by atoms with Crippen molar-refractivity contribution in [1.82, 2.24) is 15.0 Å². The van der Waals surface area contributed by atoms with Crippen molar-refractivity contribution in [3.8, 4) is 5.88 Å². The average Bonchev–Trinajstić information content (AvgIpc) is 2.76. The Bertz CT molecular complexity index is 619. The van der Waals surface area contributed by atoms with E-state index in [4.69, 9.17) is 4.74 Å². The molecule has 0 amide bonds. The molecule has 0 saturated heterocycles. The number of halogens is 1. The third-order valence-corrected chi connectivity index (χ3v) is 4.20. The van der Waals surface area contributed by atoms with Crippen molar-refractivity contribution in [1.29, 1.82) is 0 Å². The number of benzene rings is 1. The minimum atomic E-state index is -0.560. The second kappa shape index (κ2) is 7.67. The van der Waals surface area contributed by atoms with Gasteiger partial charge in [-0.1, -0.05) is 11.8 Å². The predicted octanol–water partition coefficient (Wildman–Crippen LogP) is 2.19. The summed E-state index contributed by atoms with van der Waals surface area (Å²) in [6, 6.07) is 6.32. The van der Waals surface area contributed by atoms with Crippen LogP contribution < -0.4 is 9.96 Å². The van der Waals surface area contributed by atoms with Gasteiger partial charge in [0.1, 0.15) is 5.82 Å². The van der Waals surface area contributed by atoms with Gasteiger partial charge in [-0.2, -0.15) is 5.10 Å². The van der Waals surface area contributed by atoms with Crippen molar-refractivity contribution in [2.24, 2.45) is 0 Å². The van der Waals surface area contributed by atoms with Gasteiger partial charge in [0.2, 0.25) is 5.88 Å². The molecule has 22 heavy (non-hydrogen) atoms. The van der Waals surface area contributed by atoms with E-state index in [9.17, 15) is 9.41 Å². The quantitative estimate of drug-likeness (QED) is 0.765. The molecule has 0 bridgehead atoms. The number of hydrogen-bond donors (Lipinski definition) is 2. The van der Waals surface area contributed by atoms with E-state index >= 15 is 0 Å². The molecule has 0 saturated carbocycles. The fourth-order valence-electron chi connectivity index (χ4n) is 2.01. The molecule has 8 heteroatoms. The Labute approximate surface area is 134 Å². The summed E-state index contributed by atoms with van der Waals surface area (Å²) >= 11 is 1.49. The molecule has 118 valence electrons. The molecule has 5 nitrogen and oxygen atoms in total. The second-order valence-electron chi connectivity index (χ2n) is 4.83. The van der Waals surface area contributed by atoms with Gasteiger partial charge in [0, 0.05) is 11.4 Å². The maximum absolute atomic E-state index is 13.0. The highest BCUT2D eigenvalue weighted by Gasteiger charge is 2.17. The van der Waals surface area contributed by atoms with Crippen molar-refractivity contribution < 1.29 is 14.2 Å². The summed E-state index contributed by atoms with van der Waals surface area (Å²) in [5, 5.41) is 16.6. The zero-order valence-electron chi connectivity index (χ0n) is 12.8. The van der Waals surface area contributed by atoms with Crippen LogP contribution in [0.4, 0.5) is 4.39 Å². The lowest BCUT2D eigenvalue weighted by atomic mass is 9.89. The molecule has 1 aromatic heterocycles. The molecule has 0 aliphatic carbocycles. The molecule has 0 atom stereocenters. The summed E-state index contributed by atoms with van der Waals surface area (Å²) in [7, 11) is 1.04. The minimum Gasteiger partial charge on any atom is -0.480 e. The highest BCUT2D eigenvalue weighted by atomic mass is 32.2. The van der Waals surface area contributed by atoms with Crippen LogP contribution in [0.3, 0.4) is 0 Å². The van der Waals surface area contributed by atoms with E-state index in [0.29, 0.717) is 19.0 Å². The normalized spacial score (nSPS) is 10.8. The predicted molar refractivity (Wildman–Crippen MR) is 85.9 cm³/mol. The number of nitrogens with one attached hydrogen (secondary N) is 1. The summed E-state index contributed by atoms with van der Waals surface area (Å²) in [5.41, 5.74) is 0.850. The lowest BCUT2D eigenvalue weighted by Gasteiger charge is -2.09. The van der Waals surface area contributed by atoms with Gasteiger partial charge in [-0.3, -0.25) is 0 Å². The Morgan fingerprint density at radius 2 is 2.09 bits per heavy atom. The van der Waals surface area contributed by atoms with Crippen molar-refractivity contribution >= 4 is 18.8 Å². The Hall–Kier alpha value is -1.51. The Morgan fingerprint density at radius 3 is 2.68 bits per heavy atom. The Balaban J connectivity index is 2.16. The lowest BCUT2D eigenvalue weighted by Crippen LogP contribution is -2.33. The van der Waals surface area contributed by atoms with Gasteiger partial charge in [-0.25, -0.2) is 9.07 Å². The number of ether oxygens (including phenoxy) is 1. The first-order chi connectivity index (χ1) is 10.5. The van der Waals surface area contributed by atoms with Crippen LogP contribution >= 0.6 is 11.8 Å². The Kier molecular flexibility index (Phi) is 5.87. The fraction of sp³-hybridized carbons (Fsp3) is 0.357. The van der Waals surface area contributed by atoms with Crippen molar-refractivity contribution in [3.05, 3.63) is 35.8 Å².